The van der Waals surface area contributed by atoms with Gasteiger partial charge in [0.1, 0.15) is 5.82 Å². The van der Waals surface area contributed by atoms with Gasteiger partial charge in [0, 0.05) is 10.8 Å². The lowest BCUT2D eigenvalue weighted by atomic mass is 10.3. The molecule has 1 saturated carbocycles. The number of rotatable bonds is 3. The monoisotopic (exact) mass is 263 g/mol. The Morgan fingerprint density at radius 1 is 1.50 bits per heavy atom. The minimum Gasteiger partial charge on any atom is -0.268 e. The van der Waals surface area contributed by atoms with E-state index in [9.17, 15) is 17.6 Å². The zero-order chi connectivity index (χ0) is 12.0. The van der Waals surface area contributed by atoms with Crippen molar-refractivity contribution in [2.75, 3.05) is 0 Å². The van der Waals surface area contributed by atoms with E-state index in [1.54, 1.807) is 6.92 Å². The highest BCUT2D eigenvalue weighted by molar-refractivity contribution is 7.91. The smallest absolute Gasteiger partial charge is 0.268 e. The maximum atomic E-state index is 13.0. The minimum atomic E-state index is -3.69. The van der Waals surface area contributed by atoms with E-state index in [1.807, 2.05) is 4.72 Å². The van der Waals surface area contributed by atoms with Crippen LogP contribution in [0, 0.1) is 5.82 Å². The highest BCUT2D eigenvalue weighted by atomic mass is 32.2. The van der Waals surface area contributed by atoms with Crippen LogP contribution in [0.4, 0.5) is 4.39 Å². The molecule has 1 N–H and O–H groups in total. The lowest BCUT2D eigenvalue weighted by Gasteiger charge is -2.11. The first-order valence-corrected chi connectivity index (χ1v) is 7.07. The summed E-state index contributed by atoms with van der Waals surface area (Å²) in [5.41, 5.74) is -0.224. The summed E-state index contributed by atoms with van der Waals surface area (Å²) in [6, 6.07) is 0. The van der Waals surface area contributed by atoms with Crippen LogP contribution < -0.4 is 4.72 Å². The van der Waals surface area contributed by atoms with Gasteiger partial charge in [0.05, 0.1) is 10.3 Å². The number of thiophene rings is 1. The van der Waals surface area contributed by atoms with E-state index in [0.717, 1.165) is 16.7 Å². The molecule has 0 unspecified atom stereocenters. The molecule has 4 nitrogen and oxygen atoms in total. The summed E-state index contributed by atoms with van der Waals surface area (Å²) < 4.78 is 37.4. The van der Waals surface area contributed by atoms with Crippen LogP contribution in [0.3, 0.4) is 0 Å². The average Bonchev–Trinajstić information content (AvgIpc) is 2.77. The van der Waals surface area contributed by atoms with E-state index in [2.05, 4.69) is 0 Å². The van der Waals surface area contributed by atoms with Gasteiger partial charge in [-0.3, -0.25) is 4.79 Å². The Kier molecular flexibility index (Phi) is 2.54. The molecular formula is C9H10FNO3S2. The number of halogens is 1. The van der Waals surface area contributed by atoms with Crippen LogP contribution in [0.1, 0.15) is 30.1 Å². The van der Waals surface area contributed by atoms with Crippen LogP contribution >= 0.6 is 11.3 Å². The first kappa shape index (κ1) is 11.5. The molecule has 0 spiro atoms. The predicted molar refractivity (Wildman–Crippen MR) is 58.3 cm³/mol. The van der Waals surface area contributed by atoms with Crippen molar-refractivity contribution in [3.05, 3.63) is 22.1 Å². The van der Waals surface area contributed by atoms with E-state index in [1.165, 1.54) is 5.38 Å². The second-order valence-corrected chi connectivity index (χ2v) is 6.96. The number of nitrogens with one attached hydrogen (secondary N) is 1. The van der Waals surface area contributed by atoms with Crippen LogP contribution in [0.25, 0.3) is 0 Å². The third kappa shape index (κ3) is 1.84. The number of carbonyl (C=O) groups excluding carboxylic acids is 1. The normalized spacial score (nSPS) is 18.1. The van der Waals surface area contributed by atoms with Crippen LogP contribution in [0.5, 0.6) is 0 Å². The van der Waals surface area contributed by atoms with E-state index in [0.29, 0.717) is 12.8 Å². The van der Waals surface area contributed by atoms with Crippen molar-refractivity contribution in [1.29, 1.82) is 0 Å². The van der Waals surface area contributed by atoms with Crippen molar-refractivity contribution in [3.63, 3.8) is 0 Å². The lowest BCUT2D eigenvalue weighted by molar-refractivity contribution is 0.0977. The molecule has 1 amide bonds. The molecule has 1 fully saturated rings. The van der Waals surface area contributed by atoms with Crippen LogP contribution in [0.2, 0.25) is 0 Å². The van der Waals surface area contributed by atoms with Crippen molar-refractivity contribution in [2.45, 2.75) is 24.5 Å². The molecule has 1 aliphatic carbocycles. The third-order valence-corrected chi connectivity index (χ3v) is 5.56. The first-order valence-electron chi connectivity index (χ1n) is 4.64. The number of amides is 1. The molecule has 88 valence electrons. The molecule has 16 heavy (non-hydrogen) atoms. The molecule has 7 heteroatoms. The SMILES string of the molecule is CC1(S(=O)(=O)NC(=O)c2cscc2F)CC1. The summed E-state index contributed by atoms with van der Waals surface area (Å²) in [6.45, 7) is 1.56. The standard InChI is InChI=1S/C9H10FNO3S2/c1-9(2-3-9)16(13,14)11-8(12)6-4-15-5-7(6)10/h4-5H,2-3H2,1H3,(H,11,12). The molecule has 1 heterocycles. The number of sulfonamides is 1. The molecule has 0 aromatic carbocycles. The minimum absolute atomic E-state index is 0.224. The van der Waals surface area contributed by atoms with E-state index < -0.39 is 26.5 Å². The van der Waals surface area contributed by atoms with E-state index >= 15 is 0 Å². The second kappa shape index (κ2) is 3.53. The van der Waals surface area contributed by atoms with Gasteiger partial charge in [0.25, 0.3) is 5.91 Å². The fourth-order valence-corrected chi connectivity index (χ4v) is 3.10. The highest BCUT2D eigenvalue weighted by Crippen LogP contribution is 2.42. The van der Waals surface area contributed by atoms with Crippen molar-refractivity contribution < 1.29 is 17.6 Å². The van der Waals surface area contributed by atoms with Crippen molar-refractivity contribution >= 4 is 27.3 Å². The molecular weight excluding hydrogens is 253 g/mol. The molecule has 1 aromatic rings. The fraction of sp³-hybridized carbons (Fsp3) is 0.444. The third-order valence-electron chi connectivity index (χ3n) is 2.69. The molecule has 1 aliphatic rings. The summed E-state index contributed by atoms with van der Waals surface area (Å²) in [4.78, 5) is 11.5. The number of hydrogen-bond acceptors (Lipinski definition) is 4. The Labute approximate surface area is 96.5 Å². The predicted octanol–water partition coefficient (Wildman–Crippen LogP) is 1.50. The van der Waals surface area contributed by atoms with Crippen molar-refractivity contribution in [3.8, 4) is 0 Å². The van der Waals surface area contributed by atoms with Crippen LogP contribution in [0.15, 0.2) is 10.8 Å². The Balaban J connectivity index is 2.18. The number of carbonyl (C=O) groups is 1. The molecule has 0 radical (unpaired) electrons. The maximum absolute atomic E-state index is 13.0. The average molecular weight is 263 g/mol. The molecule has 0 aliphatic heterocycles. The van der Waals surface area contributed by atoms with Crippen molar-refractivity contribution in [1.82, 2.24) is 4.72 Å². The second-order valence-electron chi connectivity index (χ2n) is 4.02. The largest absolute Gasteiger partial charge is 0.268 e. The molecule has 2 rings (SSSR count). The molecule has 0 bridgehead atoms. The summed E-state index contributed by atoms with van der Waals surface area (Å²) >= 11 is 1.01. The highest BCUT2D eigenvalue weighted by Gasteiger charge is 2.50. The molecule has 0 saturated heterocycles. The quantitative estimate of drug-likeness (QED) is 0.898. The zero-order valence-corrected chi connectivity index (χ0v) is 10.1. The number of hydrogen-bond donors (Lipinski definition) is 1. The van der Waals surface area contributed by atoms with E-state index in [-0.39, 0.29) is 5.56 Å². The maximum Gasteiger partial charge on any atom is 0.268 e. The Bertz CT molecular complexity index is 531. The summed E-state index contributed by atoms with van der Waals surface area (Å²) in [5.74, 6) is -1.59. The lowest BCUT2D eigenvalue weighted by Crippen LogP contribution is -2.38. The van der Waals surface area contributed by atoms with Gasteiger partial charge < -0.3 is 0 Å². The van der Waals surface area contributed by atoms with Gasteiger partial charge in [-0.05, 0) is 19.8 Å². The first-order chi connectivity index (χ1) is 7.36. The van der Waals surface area contributed by atoms with Crippen LogP contribution in [-0.4, -0.2) is 19.1 Å². The van der Waals surface area contributed by atoms with Gasteiger partial charge in [0.2, 0.25) is 10.0 Å². The van der Waals surface area contributed by atoms with Gasteiger partial charge in [-0.15, -0.1) is 11.3 Å². The van der Waals surface area contributed by atoms with E-state index in [4.69, 9.17) is 0 Å². The Morgan fingerprint density at radius 3 is 2.56 bits per heavy atom. The zero-order valence-electron chi connectivity index (χ0n) is 8.49. The van der Waals surface area contributed by atoms with Gasteiger partial charge >= 0.3 is 0 Å². The molecule has 0 atom stereocenters. The Morgan fingerprint density at radius 2 is 2.12 bits per heavy atom. The van der Waals surface area contributed by atoms with Gasteiger partial charge in [-0.25, -0.2) is 17.5 Å². The van der Waals surface area contributed by atoms with Gasteiger partial charge in [-0.1, -0.05) is 0 Å². The van der Waals surface area contributed by atoms with Gasteiger partial charge in [-0.2, -0.15) is 0 Å². The molecule has 1 aromatic heterocycles. The fourth-order valence-electron chi connectivity index (χ4n) is 1.19. The summed E-state index contributed by atoms with van der Waals surface area (Å²) in [5, 5.41) is 2.44. The van der Waals surface area contributed by atoms with Gasteiger partial charge in [0.15, 0.2) is 0 Å². The Hall–Kier alpha value is -0.950. The van der Waals surface area contributed by atoms with Crippen molar-refractivity contribution in [2.24, 2.45) is 0 Å². The van der Waals surface area contributed by atoms with Crippen LogP contribution in [-0.2, 0) is 10.0 Å². The summed E-state index contributed by atoms with van der Waals surface area (Å²) in [6.07, 6.45) is 1.06. The summed E-state index contributed by atoms with van der Waals surface area (Å²) in [7, 11) is -3.69. The topological polar surface area (TPSA) is 63.2 Å².